The van der Waals surface area contributed by atoms with E-state index in [9.17, 15) is 8.42 Å². The quantitative estimate of drug-likeness (QED) is 0.755. The zero-order valence-corrected chi connectivity index (χ0v) is 12.7. The highest BCUT2D eigenvalue weighted by atomic mass is 32.2. The molecule has 0 aliphatic heterocycles. The van der Waals surface area contributed by atoms with E-state index < -0.39 is 10.0 Å². The largest absolute Gasteiger partial charge is 0.398 e. The van der Waals surface area contributed by atoms with Gasteiger partial charge in [0.2, 0.25) is 10.0 Å². The molecular weight excluding hydrogens is 276 g/mol. The van der Waals surface area contributed by atoms with Crippen molar-refractivity contribution in [1.29, 1.82) is 5.26 Å². The van der Waals surface area contributed by atoms with Crippen molar-refractivity contribution in [3.63, 3.8) is 0 Å². The Bertz CT molecular complexity index is 605. The molecule has 0 radical (unpaired) electrons. The van der Waals surface area contributed by atoms with Crippen LogP contribution in [0.15, 0.2) is 23.1 Å². The Morgan fingerprint density at radius 2 is 2.10 bits per heavy atom. The van der Waals surface area contributed by atoms with Gasteiger partial charge in [-0.3, -0.25) is 0 Å². The van der Waals surface area contributed by atoms with Gasteiger partial charge in [-0.1, -0.05) is 0 Å². The highest BCUT2D eigenvalue weighted by molar-refractivity contribution is 7.89. The average molecular weight is 296 g/mol. The summed E-state index contributed by atoms with van der Waals surface area (Å²) in [6.45, 7) is 2.59. The molecule has 1 unspecified atom stereocenters. The van der Waals surface area contributed by atoms with Crippen LogP contribution in [0, 0.1) is 11.3 Å². The van der Waals surface area contributed by atoms with E-state index in [1.807, 2.05) is 25.1 Å². The van der Waals surface area contributed by atoms with E-state index in [1.165, 1.54) is 18.2 Å². The molecule has 3 N–H and O–H groups in total. The number of hydrogen-bond donors (Lipinski definition) is 2. The zero-order chi connectivity index (χ0) is 15.3. The number of benzene rings is 1. The van der Waals surface area contributed by atoms with E-state index in [0.717, 1.165) is 6.54 Å². The van der Waals surface area contributed by atoms with Crippen molar-refractivity contribution in [2.24, 2.45) is 0 Å². The van der Waals surface area contributed by atoms with Crippen molar-refractivity contribution in [2.75, 3.05) is 26.4 Å². The molecule has 0 saturated heterocycles. The summed E-state index contributed by atoms with van der Waals surface area (Å²) in [7, 11) is 0.195. The highest BCUT2D eigenvalue weighted by Gasteiger charge is 2.20. The smallest absolute Gasteiger partial charge is 0.242 e. The maximum Gasteiger partial charge on any atom is 0.242 e. The molecule has 0 saturated carbocycles. The average Bonchev–Trinajstić information content (AvgIpc) is 2.35. The van der Waals surface area contributed by atoms with Crippen molar-refractivity contribution in [2.45, 2.75) is 24.3 Å². The van der Waals surface area contributed by atoms with Crippen LogP contribution >= 0.6 is 0 Å². The van der Waals surface area contributed by atoms with Crippen LogP contribution in [-0.4, -0.2) is 40.0 Å². The normalized spacial score (nSPS) is 13.2. The van der Waals surface area contributed by atoms with Gasteiger partial charge in [0, 0.05) is 6.04 Å². The Morgan fingerprint density at radius 3 is 2.60 bits per heavy atom. The molecule has 0 amide bonds. The molecule has 7 heteroatoms. The summed E-state index contributed by atoms with van der Waals surface area (Å²) in [4.78, 5) is 1.99. The van der Waals surface area contributed by atoms with E-state index in [-0.39, 0.29) is 16.6 Å². The summed E-state index contributed by atoms with van der Waals surface area (Å²) < 4.78 is 27.0. The lowest BCUT2D eigenvalue weighted by Gasteiger charge is -2.17. The van der Waals surface area contributed by atoms with Crippen molar-refractivity contribution in [3.05, 3.63) is 23.8 Å². The van der Waals surface area contributed by atoms with E-state index in [1.54, 1.807) is 6.92 Å². The lowest BCUT2D eigenvalue weighted by Crippen LogP contribution is -2.35. The molecule has 0 aromatic heterocycles. The Labute approximate surface area is 120 Å². The maximum absolute atomic E-state index is 12.2. The Kier molecular flexibility index (Phi) is 5.51. The second-order valence-corrected chi connectivity index (χ2v) is 6.66. The molecule has 20 heavy (non-hydrogen) atoms. The summed E-state index contributed by atoms with van der Waals surface area (Å²) in [6, 6.07) is 5.88. The molecule has 0 aliphatic rings. The molecule has 1 aromatic rings. The topological polar surface area (TPSA) is 99.2 Å². The fourth-order valence-corrected chi connectivity index (χ4v) is 3.09. The van der Waals surface area contributed by atoms with Crippen LogP contribution in [0.25, 0.3) is 0 Å². The Balaban J connectivity index is 2.87. The Morgan fingerprint density at radius 1 is 1.45 bits per heavy atom. The standard InChI is InChI=1S/C13H20N4O2S/c1-10(6-7-17(2)3)16-20(18,19)13-5-4-11(9-14)8-12(13)15/h4-5,8,10,16H,6-7,15H2,1-3H3. The lowest BCUT2D eigenvalue weighted by atomic mass is 10.2. The minimum atomic E-state index is -3.67. The number of nitrogens with zero attached hydrogens (tertiary/aromatic N) is 2. The number of hydrogen-bond acceptors (Lipinski definition) is 5. The van der Waals surface area contributed by atoms with Crippen LogP contribution in [0.5, 0.6) is 0 Å². The van der Waals surface area contributed by atoms with Gasteiger partial charge >= 0.3 is 0 Å². The van der Waals surface area contributed by atoms with E-state index in [2.05, 4.69) is 4.72 Å². The predicted molar refractivity (Wildman–Crippen MR) is 78.5 cm³/mol. The first-order valence-corrected chi connectivity index (χ1v) is 7.71. The van der Waals surface area contributed by atoms with Crippen molar-refractivity contribution >= 4 is 15.7 Å². The zero-order valence-electron chi connectivity index (χ0n) is 11.9. The van der Waals surface area contributed by atoms with Crippen LogP contribution in [0.4, 0.5) is 5.69 Å². The SMILES string of the molecule is CC(CCN(C)C)NS(=O)(=O)c1ccc(C#N)cc1N. The fraction of sp³-hybridized carbons (Fsp3) is 0.462. The molecule has 6 nitrogen and oxygen atoms in total. The van der Waals surface area contributed by atoms with Crippen LogP contribution in [0.3, 0.4) is 0 Å². The van der Waals surface area contributed by atoms with Crippen molar-refractivity contribution < 1.29 is 8.42 Å². The monoisotopic (exact) mass is 296 g/mol. The molecule has 0 aliphatic carbocycles. The van der Waals surface area contributed by atoms with Gasteiger partial charge in [0.05, 0.1) is 17.3 Å². The van der Waals surface area contributed by atoms with E-state index >= 15 is 0 Å². The first kappa shape index (κ1) is 16.4. The van der Waals surface area contributed by atoms with Gasteiger partial charge in [-0.2, -0.15) is 5.26 Å². The molecule has 1 rings (SSSR count). The number of rotatable bonds is 6. The number of nitrogens with one attached hydrogen (secondary N) is 1. The van der Waals surface area contributed by atoms with Crippen LogP contribution in [-0.2, 0) is 10.0 Å². The number of anilines is 1. The number of nitriles is 1. The fourth-order valence-electron chi connectivity index (χ4n) is 1.70. The summed E-state index contributed by atoms with van der Waals surface area (Å²) in [5, 5.41) is 8.75. The van der Waals surface area contributed by atoms with E-state index in [4.69, 9.17) is 11.0 Å². The first-order chi connectivity index (χ1) is 9.26. The molecular formula is C13H20N4O2S. The third kappa shape index (κ3) is 4.49. The Hall–Kier alpha value is -1.62. The molecule has 0 bridgehead atoms. The van der Waals surface area contributed by atoms with Crippen molar-refractivity contribution in [3.8, 4) is 6.07 Å². The lowest BCUT2D eigenvalue weighted by molar-refractivity contribution is 0.379. The van der Waals surface area contributed by atoms with Gasteiger partial charge in [0.15, 0.2) is 0 Å². The second kappa shape index (κ2) is 6.70. The third-order valence-electron chi connectivity index (χ3n) is 2.79. The van der Waals surface area contributed by atoms with Gasteiger partial charge in [-0.05, 0) is 52.2 Å². The summed E-state index contributed by atoms with van der Waals surface area (Å²) in [6.07, 6.45) is 0.697. The minimum absolute atomic E-state index is 0.00760. The van der Waals surface area contributed by atoms with Crippen LogP contribution in [0.2, 0.25) is 0 Å². The van der Waals surface area contributed by atoms with Crippen LogP contribution in [0.1, 0.15) is 18.9 Å². The van der Waals surface area contributed by atoms with Gasteiger partial charge in [-0.25, -0.2) is 13.1 Å². The summed E-state index contributed by atoms with van der Waals surface area (Å²) in [5.74, 6) is 0. The molecule has 0 heterocycles. The molecule has 0 fully saturated rings. The first-order valence-electron chi connectivity index (χ1n) is 6.23. The number of sulfonamides is 1. The van der Waals surface area contributed by atoms with Crippen LogP contribution < -0.4 is 10.5 Å². The molecule has 1 aromatic carbocycles. The number of nitrogens with two attached hydrogens (primary N) is 1. The third-order valence-corrected chi connectivity index (χ3v) is 4.46. The van der Waals surface area contributed by atoms with E-state index in [0.29, 0.717) is 12.0 Å². The van der Waals surface area contributed by atoms with Gasteiger partial charge < -0.3 is 10.6 Å². The highest BCUT2D eigenvalue weighted by Crippen LogP contribution is 2.19. The van der Waals surface area contributed by atoms with Gasteiger partial charge in [0.25, 0.3) is 0 Å². The summed E-state index contributed by atoms with van der Waals surface area (Å²) in [5.41, 5.74) is 6.12. The van der Waals surface area contributed by atoms with Crippen molar-refractivity contribution in [1.82, 2.24) is 9.62 Å². The molecule has 0 spiro atoms. The second-order valence-electron chi connectivity index (χ2n) is 4.98. The maximum atomic E-state index is 12.2. The molecule has 1 atom stereocenters. The van der Waals surface area contributed by atoms with Gasteiger partial charge in [-0.15, -0.1) is 0 Å². The molecule has 110 valence electrons. The van der Waals surface area contributed by atoms with Gasteiger partial charge in [0.1, 0.15) is 4.90 Å². The number of nitrogen functional groups attached to an aromatic ring is 1. The predicted octanol–water partition coefficient (Wildman–Crippen LogP) is 0.759. The minimum Gasteiger partial charge on any atom is -0.398 e. The summed E-state index contributed by atoms with van der Waals surface area (Å²) >= 11 is 0.